The van der Waals surface area contributed by atoms with Crippen LogP contribution in [-0.4, -0.2) is 11.9 Å². The van der Waals surface area contributed by atoms with Crippen molar-refractivity contribution in [2.75, 3.05) is 0 Å². The first kappa shape index (κ1) is 9.12. The van der Waals surface area contributed by atoms with E-state index < -0.39 is 23.5 Å². The third-order valence-corrected chi connectivity index (χ3v) is 2.23. The van der Waals surface area contributed by atoms with Crippen molar-refractivity contribution in [2.24, 2.45) is 0 Å². The highest BCUT2D eigenvalue weighted by molar-refractivity contribution is 6.04. The summed E-state index contributed by atoms with van der Waals surface area (Å²) in [6.45, 7) is 1.73. The Morgan fingerprint density at radius 1 is 1.36 bits per heavy atom. The summed E-state index contributed by atoms with van der Waals surface area (Å²) >= 11 is 0. The van der Waals surface area contributed by atoms with Crippen molar-refractivity contribution >= 4 is 5.78 Å². The number of carbonyl (C=O) groups is 1. The molecule has 0 radical (unpaired) electrons. The predicted octanol–water partition coefficient (Wildman–Crippen LogP) is 2.32. The van der Waals surface area contributed by atoms with Gasteiger partial charge >= 0.3 is 0 Å². The molecular weight excluding hydrogens is 190 g/mol. The molecule has 1 aromatic carbocycles. The number of ether oxygens (including phenoxy) is 1. The molecule has 1 unspecified atom stereocenters. The Bertz CT molecular complexity index is 401. The van der Waals surface area contributed by atoms with E-state index in [4.69, 9.17) is 4.74 Å². The highest BCUT2D eigenvalue weighted by Crippen LogP contribution is 2.34. The molecule has 0 fully saturated rings. The third kappa shape index (κ3) is 1.10. The summed E-state index contributed by atoms with van der Waals surface area (Å²) < 4.78 is 31.3. The molecule has 1 aromatic rings. The fourth-order valence-electron chi connectivity index (χ4n) is 1.50. The van der Waals surface area contributed by atoms with Gasteiger partial charge in [-0.1, -0.05) is 6.92 Å². The lowest BCUT2D eigenvalue weighted by Crippen LogP contribution is -2.19. The maximum Gasteiger partial charge on any atom is 0.210 e. The normalized spacial score (nSPS) is 19.4. The van der Waals surface area contributed by atoms with E-state index >= 15 is 0 Å². The number of hydrogen-bond donors (Lipinski definition) is 0. The standard InChI is InChI=1S/C10H8F2O2/c1-2-7-9(13)8-5(11)3-4-6(12)10(8)14-7/h3-4,7H,2H2,1H3. The third-order valence-electron chi connectivity index (χ3n) is 2.23. The molecule has 0 amide bonds. The van der Waals surface area contributed by atoms with Gasteiger partial charge in [0, 0.05) is 0 Å². The number of rotatable bonds is 1. The summed E-state index contributed by atoms with van der Waals surface area (Å²) in [5, 5.41) is 0. The number of carbonyl (C=O) groups excluding carboxylic acids is 1. The molecule has 1 aliphatic rings. The number of Topliss-reactive ketones (excluding diaryl/α,β-unsaturated/α-hetero) is 1. The van der Waals surface area contributed by atoms with Crippen molar-refractivity contribution in [3.8, 4) is 5.75 Å². The van der Waals surface area contributed by atoms with E-state index in [1.54, 1.807) is 6.92 Å². The van der Waals surface area contributed by atoms with Gasteiger partial charge in [-0.2, -0.15) is 0 Å². The molecule has 2 rings (SSSR count). The van der Waals surface area contributed by atoms with Crippen LogP contribution >= 0.6 is 0 Å². The molecule has 1 aliphatic heterocycles. The molecule has 4 heteroatoms. The van der Waals surface area contributed by atoms with Crippen LogP contribution in [-0.2, 0) is 0 Å². The second kappa shape index (κ2) is 3.04. The van der Waals surface area contributed by atoms with E-state index in [-0.39, 0.29) is 11.3 Å². The highest BCUT2D eigenvalue weighted by atomic mass is 19.1. The van der Waals surface area contributed by atoms with Crippen LogP contribution in [0.4, 0.5) is 8.78 Å². The van der Waals surface area contributed by atoms with E-state index in [0.29, 0.717) is 6.42 Å². The van der Waals surface area contributed by atoms with Crippen molar-refractivity contribution < 1.29 is 18.3 Å². The van der Waals surface area contributed by atoms with Gasteiger partial charge in [0.25, 0.3) is 0 Å². The average Bonchev–Trinajstić information content (AvgIpc) is 2.51. The van der Waals surface area contributed by atoms with E-state index in [1.807, 2.05) is 0 Å². The van der Waals surface area contributed by atoms with Crippen LogP contribution in [0.5, 0.6) is 5.75 Å². The number of ketones is 1. The Morgan fingerprint density at radius 2 is 2.00 bits per heavy atom. The van der Waals surface area contributed by atoms with E-state index in [2.05, 4.69) is 0 Å². The molecule has 0 saturated heterocycles. The highest BCUT2D eigenvalue weighted by Gasteiger charge is 2.35. The summed E-state index contributed by atoms with van der Waals surface area (Å²) in [5.41, 5.74) is -0.253. The lowest BCUT2D eigenvalue weighted by atomic mass is 10.1. The second-order valence-electron chi connectivity index (χ2n) is 3.11. The molecule has 0 bridgehead atoms. The first-order chi connectivity index (χ1) is 6.65. The molecule has 0 saturated carbocycles. The zero-order valence-electron chi connectivity index (χ0n) is 7.51. The largest absolute Gasteiger partial charge is 0.478 e. The SMILES string of the molecule is CCC1Oc2c(F)ccc(F)c2C1=O. The van der Waals surface area contributed by atoms with Crippen molar-refractivity contribution in [1.82, 2.24) is 0 Å². The topological polar surface area (TPSA) is 26.3 Å². The summed E-state index contributed by atoms with van der Waals surface area (Å²) in [7, 11) is 0. The van der Waals surface area contributed by atoms with Gasteiger partial charge in [0.2, 0.25) is 5.78 Å². The number of halogens is 2. The molecular formula is C10H8F2O2. The predicted molar refractivity (Wildman–Crippen MR) is 45.4 cm³/mol. The molecule has 0 spiro atoms. The van der Waals surface area contributed by atoms with Crippen LogP contribution in [0.25, 0.3) is 0 Å². The Morgan fingerprint density at radius 3 is 2.57 bits per heavy atom. The zero-order chi connectivity index (χ0) is 10.3. The lowest BCUT2D eigenvalue weighted by Gasteiger charge is -2.04. The lowest BCUT2D eigenvalue weighted by molar-refractivity contribution is 0.0848. The van der Waals surface area contributed by atoms with Crippen LogP contribution < -0.4 is 4.74 Å². The molecule has 0 aliphatic carbocycles. The molecule has 2 nitrogen and oxygen atoms in total. The van der Waals surface area contributed by atoms with Gasteiger partial charge in [0.1, 0.15) is 11.4 Å². The van der Waals surface area contributed by atoms with Crippen LogP contribution in [0.1, 0.15) is 23.7 Å². The fraction of sp³-hybridized carbons (Fsp3) is 0.300. The van der Waals surface area contributed by atoms with Crippen molar-refractivity contribution in [2.45, 2.75) is 19.4 Å². The van der Waals surface area contributed by atoms with Gasteiger partial charge < -0.3 is 4.74 Å². The minimum atomic E-state index is -0.739. The van der Waals surface area contributed by atoms with E-state index in [9.17, 15) is 13.6 Å². The van der Waals surface area contributed by atoms with Crippen molar-refractivity contribution in [3.05, 3.63) is 29.3 Å². The number of hydrogen-bond acceptors (Lipinski definition) is 2. The van der Waals surface area contributed by atoms with Gasteiger partial charge in [0.15, 0.2) is 17.7 Å². The number of benzene rings is 1. The Hall–Kier alpha value is -1.45. The first-order valence-corrected chi connectivity index (χ1v) is 4.34. The smallest absolute Gasteiger partial charge is 0.210 e. The number of fused-ring (bicyclic) bond motifs is 1. The molecule has 74 valence electrons. The molecule has 0 aromatic heterocycles. The maximum absolute atomic E-state index is 13.2. The summed E-state index contributed by atoms with van der Waals surface area (Å²) in [6, 6.07) is 1.90. The first-order valence-electron chi connectivity index (χ1n) is 4.34. The van der Waals surface area contributed by atoms with Gasteiger partial charge in [-0.3, -0.25) is 4.79 Å². The summed E-state index contributed by atoms with van der Waals surface area (Å²) in [5.74, 6) is -2.13. The van der Waals surface area contributed by atoms with Gasteiger partial charge in [-0.25, -0.2) is 8.78 Å². The van der Waals surface area contributed by atoms with Crippen LogP contribution in [0.3, 0.4) is 0 Å². The fourth-order valence-corrected chi connectivity index (χ4v) is 1.50. The summed E-state index contributed by atoms with van der Waals surface area (Å²) in [6.07, 6.45) is -0.330. The average molecular weight is 198 g/mol. The molecule has 0 N–H and O–H groups in total. The Balaban J connectivity index is 2.58. The maximum atomic E-state index is 13.2. The van der Waals surface area contributed by atoms with Crippen LogP contribution in [0, 0.1) is 11.6 Å². The second-order valence-corrected chi connectivity index (χ2v) is 3.11. The van der Waals surface area contributed by atoms with Crippen LogP contribution in [0.2, 0.25) is 0 Å². The minimum absolute atomic E-state index is 0.248. The van der Waals surface area contributed by atoms with Gasteiger partial charge in [-0.05, 0) is 18.6 Å². The summed E-state index contributed by atoms with van der Waals surface area (Å²) in [4.78, 5) is 11.5. The minimum Gasteiger partial charge on any atom is -0.478 e. The quantitative estimate of drug-likeness (QED) is 0.692. The van der Waals surface area contributed by atoms with Gasteiger partial charge in [0.05, 0.1) is 0 Å². The van der Waals surface area contributed by atoms with Crippen LogP contribution in [0.15, 0.2) is 12.1 Å². The monoisotopic (exact) mass is 198 g/mol. The Labute approximate surface area is 79.5 Å². The molecule has 1 atom stereocenters. The van der Waals surface area contributed by atoms with Crippen molar-refractivity contribution in [3.63, 3.8) is 0 Å². The van der Waals surface area contributed by atoms with E-state index in [1.165, 1.54) is 0 Å². The zero-order valence-corrected chi connectivity index (χ0v) is 7.51. The van der Waals surface area contributed by atoms with Crippen molar-refractivity contribution in [1.29, 1.82) is 0 Å². The molecule has 14 heavy (non-hydrogen) atoms. The van der Waals surface area contributed by atoms with E-state index in [0.717, 1.165) is 12.1 Å². The van der Waals surface area contributed by atoms with Gasteiger partial charge in [-0.15, -0.1) is 0 Å². The molecule has 1 heterocycles. The Kier molecular flexibility index (Phi) is 1.98.